The molecule has 1 atom stereocenters. The van der Waals surface area contributed by atoms with Crippen molar-refractivity contribution < 1.29 is 27.4 Å². The highest BCUT2D eigenvalue weighted by molar-refractivity contribution is 7.80. The Morgan fingerprint density at radius 3 is 2.58 bits per heavy atom. The van der Waals surface area contributed by atoms with E-state index in [1.54, 1.807) is 11.0 Å². The molecule has 8 heteroatoms. The molecule has 0 bridgehead atoms. The normalized spacial score (nSPS) is 17.3. The molecule has 1 unspecified atom stereocenters. The first-order chi connectivity index (χ1) is 12.2. The molecular formula is C18H22F3NO3S. The van der Waals surface area contributed by atoms with Crippen molar-refractivity contribution in [3.05, 3.63) is 28.8 Å². The Balaban J connectivity index is 2.49. The quantitative estimate of drug-likeness (QED) is 0.563. The maximum absolute atomic E-state index is 13.5. The summed E-state index contributed by atoms with van der Waals surface area (Å²) in [6, 6.07) is 2.08. The minimum Gasteiger partial charge on any atom is -0.496 e. The van der Waals surface area contributed by atoms with Crippen molar-refractivity contribution >= 4 is 23.2 Å². The van der Waals surface area contributed by atoms with E-state index in [1.807, 2.05) is 6.92 Å². The average Bonchev–Trinajstić information content (AvgIpc) is 3.08. The van der Waals surface area contributed by atoms with Gasteiger partial charge in [0.25, 0.3) is 0 Å². The van der Waals surface area contributed by atoms with Gasteiger partial charge < -0.3 is 14.4 Å². The number of rotatable bonds is 5. The molecule has 144 valence electrons. The maximum atomic E-state index is 13.5. The van der Waals surface area contributed by atoms with E-state index < -0.39 is 23.8 Å². The first kappa shape index (κ1) is 20.5. The third-order valence-corrected chi connectivity index (χ3v) is 4.90. The van der Waals surface area contributed by atoms with Crippen LogP contribution in [0.3, 0.4) is 0 Å². The summed E-state index contributed by atoms with van der Waals surface area (Å²) < 4.78 is 50.4. The average molecular weight is 389 g/mol. The minimum atomic E-state index is -4.56. The smallest absolute Gasteiger partial charge is 0.419 e. The van der Waals surface area contributed by atoms with Crippen molar-refractivity contribution in [3.63, 3.8) is 0 Å². The van der Waals surface area contributed by atoms with Crippen LogP contribution < -0.4 is 4.74 Å². The highest BCUT2D eigenvalue weighted by atomic mass is 32.1. The van der Waals surface area contributed by atoms with E-state index in [0.29, 0.717) is 31.4 Å². The fourth-order valence-corrected chi connectivity index (χ4v) is 3.61. The van der Waals surface area contributed by atoms with Crippen molar-refractivity contribution in [1.29, 1.82) is 0 Å². The molecule has 0 aliphatic carbocycles. The van der Waals surface area contributed by atoms with Crippen LogP contribution in [0.5, 0.6) is 5.75 Å². The number of hydrogen-bond acceptors (Lipinski definition) is 4. The van der Waals surface area contributed by atoms with E-state index in [0.717, 1.165) is 12.5 Å². The molecule has 1 heterocycles. The monoisotopic (exact) mass is 389 g/mol. The van der Waals surface area contributed by atoms with Crippen LogP contribution in [0.4, 0.5) is 13.2 Å². The van der Waals surface area contributed by atoms with Gasteiger partial charge in [0.05, 0.1) is 19.8 Å². The summed E-state index contributed by atoms with van der Waals surface area (Å²) in [5.41, 5.74) is -0.125. The van der Waals surface area contributed by atoms with Crippen LogP contribution in [0.1, 0.15) is 42.9 Å². The summed E-state index contributed by atoms with van der Waals surface area (Å²) in [7, 11) is 2.52. The SMILES string of the molecule is CCCc1cc(C(=S)N2CCCC2C(=O)OC)cc(C(F)(F)F)c1OC. The molecule has 1 aromatic carbocycles. The number of thiocarbonyl (C=S) groups is 1. The maximum Gasteiger partial charge on any atom is 0.419 e. The molecule has 1 saturated heterocycles. The Hall–Kier alpha value is -1.83. The number of ether oxygens (including phenoxy) is 2. The molecule has 1 aliphatic rings. The second-order valence-corrected chi connectivity index (χ2v) is 6.53. The summed E-state index contributed by atoms with van der Waals surface area (Å²) in [6.45, 7) is 2.39. The van der Waals surface area contributed by atoms with Gasteiger partial charge in [-0.3, -0.25) is 0 Å². The number of esters is 1. The molecule has 0 saturated carbocycles. The Morgan fingerprint density at radius 1 is 1.35 bits per heavy atom. The first-order valence-corrected chi connectivity index (χ1v) is 8.82. The summed E-state index contributed by atoms with van der Waals surface area (Å²) in [5, 5.41) is 0. The van der Waals surface area contributed by atoms with Gasteiger partial charge in [-0.15, -0.1) is 0 Å². The van der Waals surface area contributed by atoms with Gasteiger partial charge in [0.1, 0.15) is 16.8 Å². The third-order valence-electron chi connectivity index (χ3n) is 4.43. The number of carbonyl (C=O) groups excluding carboxylic acids is 1. The molecule has 0 amide bonds. The van der Waals surface area contributed by atoms with E-state index >= 15 is 0 Å². The highest BCUT2D eigenvalue weighted by Gasteiger charge is 2.38. The standard InChI is InChI=1S/C18H22F3NO3S/c1-4-6-11-9-12(10-13(15(11)24-2)18(19,20)21)16(26)22-8-5-7-14(22)17(23)25-3/h9-10,14H,4-8H2,1-3H3. The summed E-state index contributed by atoms with van der Waals surface area (Å²) in [4.78, 5) is 13.8. The molecule has 2 rings (SSSR count). The van der Waals surface area contributed by atoms with Crippen LogP contribution in [-0.2, 0) is 22.1 Å². The number of alkyl halides is 3. The van der Waals surface area contributed by atoms with Crippen LogP contribution in [0.15, 0.2) is 12.1 Å². The molecule has 1 aliphatic heterocycles. The van der Waals surface area contributed by atoms with Gasteiger partial charge in [-0.05, 0) is 37.0 Å². The number of halogens is 3. The zero-order valence-corrected chi connectivity index (χ0v) is 15.8. The van der Waals surface area contributed by atoms with Gasteiger partial charge >= 0.3 is 12.1 Å². The minimum absolute atomic E-state index is 0.170. The summed E-state index contributed by atoms with van der Waals surface area (Å²) in [6.07, 6.45) is -2.17. The molecule has 0 N–H and O–H groups in total. The molecular weight excluding hydrogens is 367 g/mol. The van der Waals surface area contributed by atoms with E-state index in [2.05, 4.69) is 0 Å². The lowest BCUT2D eigenvalue weighted by Gasteiger charge is -2.26. The predicted octanol–water partition coefficient (Wildman–Crippen LogP) is 3.98. The largest absolute Gasteiger partial charge is 0.496 e. The predicted molar refractivity (Wildman–Crippen MR) is 95.4 cm³/mol. The molecule has 0 spiro atoms. The van der Waals surface area contributed by atoms with Crippen LogP contribution in [0, 0.1) is 0 Å². The number of aryl methyl sites for hydroxylation is 1. The zero-order valence-electron chi connectivity index (χ0n) is 15.0. The van der Waals surface area contributed by atoms with Crippen LogP contribution in [-0.4, -0.2) is 42.7 Å². The van der Waals surface area contributed by atoms with Gasteiger partial charge in [-0.1, -0.05) is 25.6 Å². The lowest BCUT2D eigenvalue weighted by atomic mass is 9.99. The second kappa shape index (κ2) is 8.24. The number of methoxy groups -OCH3 is 2. The summed E-state index contributed by atoms with van der Waals surface area (Å²) >= 11 is 5.44. The molecule has 0 aromatic heterocycles. The fraction of sp³-hybridized carbons (Fsp3) is 0.556. The second-order valence-electron chi connectivity index (χ2n) is 6.14. The van der Waals surface area contributed by atoms with E-state index in [4.69, 9.17) is 21.7 Å². The number of benzene rings is 1. The van der Waals surface area contributed by atoms with Gasteiger partial charge in [0, 0.05) is 12.1 Å². The van der Waals surface area contributed by atoms with Crippen LogP contribution in [0.2, 0.25) is 0 Å². The Morgan fingerprint density at radius 2 is 2.04 bits per heavy atom. The van der Waals surface area contributed by atoms with E-state index in [9.17, 15) is 18.0 Å². The van der Waals surface area contributed by atoms with Crippen molar-refractivity contribution in [1.82, 2.24) is 4.90 Å². The van der Waals surface area contributed by atoms with Crippen molar-refractivity contribution in [2.24, 2.45) is 0 Å². The topological polar surface area (TPSA) is 38.8 Å². The molecule has 4 nitrogen and oxygen atoms in total. The van der Waals surface area contributed by atoms with E-state index in [-0.39, 0.29) is 16.3 Å². The number of hydrogen-bond donors (Lipinski definition) is 0. The van der Waals surface area contributed by atoms with Gasteiger partial charge in [-0.25, -0.2) is 4.79 Å². The summed E-state index contributed by atoms with van der Waals surface area (Å²) in [5.74, 6) is -0.597. The van der Waals surface area contributed by atoms with Gasteiger partial charge in [0.2, 0.25) is 0 Å². The van der Waals surface area contributed by atoms with Crippen LogP contribution in [0.25, 0.3) is 0 Å². The fourth-order valence-electron chi connectivity index (χ4n) is 3.28. The zero-order chi connectivity index (χ0) is 19.5. The highest BCUT2D eigenvalue weighted by Crippen LogP contribution is 2.40. The number of carbonyl (C=O) groups is 1. The third kappa shape index (κ3) is 4.11. The Labute approximate surface area is 156 Å². The van der Waals surface area contributed by atoms with E-state index in [1.165, 1.54) is 14.2 Å². The lowest BCUT2D eigenvalue weighted by molar-refractivity contribution is -0.144. The van der Waals surface area contributed by atoms with Gasteiger partial charge in [0.15, 0.2) is 0 Å². The van der Waals surface area contributed by atoms with Crippen molar-refractivity contribution in [2.45, 2.75) is 44.8 Å². The molecule has 1 fully saturated rings. The molecule has 0 radical (unpaired) electrons. The van der Waals surface area contributed by atoms with Gasteiger partial charge in [-0.2, -0.15) is 13.2 Å². The van der Waals surface area contributed by atoms with Crippen LogP contribution >= 0.6 is 12.2 Å². The van der Waals surface area contributed by atoms with Crippen molar-refractivity contribution in [2.75, 3.05) is 20.8 Å². The Bertz CT molecular complexity index is 691. The number of likely N-dealkylation sites (tertiary alicyclic amines) is 1. The first-order valence-electron chi connectivity index (χ1n) is 8.41. The Kier molecular flexibility index (Phi) is 6.49. The molecule has 26 heavy (non-hydrogen) atoms. The number of nitrogens with zero attached hydrogens (tertiary/aromatic N) is 1. The van der Waals surface area contributed by atoms with Crippen molar-refractivity contribution in [3.8, 4) is 5.75 Å². The lowest BCUT2D eigenvalue weighted by Crippen LogP contribution is -2.40. The molecule has 1 aromatic rings.